The van der Waals surface area contributed by atoms with Crippen LogP contribution >= 0.6 is 34.5 Å². The maximum atomic E-state index is 12.4. The second-order valence-electron chi connectivity index (χ2n) is 5.22. The Morgan fingerprint density at radius 3 is 2.67 bits per heavy atom. The molecule has 0 aliphatic carbocycles. The van der Waals surface area contributed by atoms with Crippen LogP contribution < -0.4 is 4.80 Å². The van der Waals surface area contributed by atoms with Gasteiger partial charge < -0.3 is 8.98 Å². The zero-order valence-electron chi connectivity index (χ0n) is 12.4. The molecule has 0 spiro atoms. The van der Waals surface area contributed by atoms with Gasteiger partial charge in [0.25, 0.3) is 0 Å². The summed E-state index contributed by atoms with van der Waals surface area (Å²) in [5.74, 6) is -0.244. The topological polar surface area (TPSA) is 47.5 Å². The summed E-state index contributed by atoms with van der Waals surface area (Å²) >= 11 is 13.8. The van der Waals surface area contributed by atoms with Crippen LogP contribution in [-0.2, 0) is 7.05 Å². The van der Waals surface area contributed by atoms with Crippen molar-refractivity contribution < 1.29 is 9.21 Å². The highest BCUT2D eigenvalue weighted by Gasteiger charge is 2.14. The summed E-state index contributed by atoms with van der Waals surface area (Å²) in [7, 11) is 1.80. The number of halogens is 2. The van der Waals surface area contributed by atoms with Crippen molar-refractivity contribution in [1.29, 1.82) is 0 Å². The second kappa shape index (κ2) is 5.77. The van der Waals surface area contributed by atoms with E-state index >= 15 is 0 Å². The third kappa shape index (κ3) is 2.45. The van der Waals surface area contributed by atoms with E-state index in [9.17, 15) is 4.79 Å². The molecular weight excluding hydrogens is 367 g/mol. The SMILES string of the molecule is Cn1c(=NC(=O)c2cc3ccccc3o2)sc2c(Cl)ccc(Cl)c21. The summed E-state index contributed by atoms with van der Waals surface area (Å²) in [5, 5.41) is 2.00. The molecule has 0 saturated heterocycles. The van der Waals surface area contributed by atoms with Crippen LogP contribution in [0.15, 0.2) is 51.9 Å². The summed E-state index contributed by atoms with van der Waals surface area (Å²) < 4.78 is 8.12. The fraction of sp³-hybridized carbons (Fsp3) is 0.0588. The second-order valence-corrected chi connectivity index (χ2v) is 7.01. The number of nitrogens with zero attached hydrogens (tertiary/aromatic N) is 2. The van der Waals surface area contributed by atoms with Crippen molar-refractivity contribution in [1.82, 2.24) is 4.57 Å². The maximum absolute atomic E-state index is 12.4. The molecule has 4 aromatic rings. The number of rotatable bonds is 1. The molecule has 24 heavy (non-hydrogen) atoms. The molecule has 0 aliphatic rings. The Labute approximate surface area is 150 Å². The Kier molecular flexibility index (Phi) is 3.72. The predicted molar refractivity (Wildman–Crippen MR) is 96.9 cm³/mol. The van der Waals surface area contributed by atoms with E-state index in [0.29, 0.717) is 20.4 Å². The first-order chi connectivity index (χ1) is 11.5. The molecule has 2 heterocycles. The molecule has 0 N–H and O–H groups in total. The van der Waals surface area contributed by atoms with Gasteiger partial charge in [0.05, 0.1) is 20.3 Å². The van der Waals surface area contributed by atoms with Gasteiger partial charge in [-0.15, -0.1) is 0 Å². The van der Waals surface area contributed by atoms with Gasteiger partial charge in [0.2, 0.25) is 0 Å². The van der Waals surface area contributed by atoms with Gasteiger partial charge in [-0.1, -0.05) is 52.7 Å². The number of hydrogen-bond acceptors (Lipinski definition) is 3. The standard InChI is InChI=1S/C17H10Cl2N2O2S/c1-21-14-10(18)6-7-11(19)15(14)24-17(21)20-16(22)13-8-9-4-2-3-5-12(9)23-13/h2-8H,1H3. The average molecular weight is 377 g/mol. The molecule has 0 bridgehead atoms. The lowest BCUT2D eigenvalue weighted by atomic mass is 10.2. The van der Waals surface area contributed by atoms with E-state index in [4.69, 9.17) is 27.6 Å². The fourth-order valence-electron chi connectivity index (χ4n) is 2.51. The molecule has 4 rings (SSSR count). The van der Waals surface area contributed by atoms with Crippen molar-refractivity contribution >= 4 is 61.6 Å². The first-order valence-electron chi connectivity index (χ1n) is 7.06. The van der Waals surface area contributed by atoms with Crippen LogP contribution in [0.4, 0.5) is 0 Å². The molecule has 4 nitrogen and oxygen atoms in total. The Bertz CT molecular complexity index is 1140. The molecular formula is C17H10Cl2N2O2S. The lowest BCUT2D eigenvalue weighted by Gasteiger charge is -1.99. The minimum absolute atomic E-state index is 0.200. The molecule has 2 aromatic heterocycles. The van der Waals surface area contributed by atoms with Crippen LogP contribution in [-0.4, -0.2) is 10.5 Å². The summed E-state index contributed by atoms with van der Waals surface area (Å²) in [6.45, 7) is 0. The van der Waals surface area contributed by atoms with E-state index in [1.165, 1.54) is 11.3 Å². The molecule has 0 radical (unpaired) electrons. The van der Waals surface area contributed by atoms with Gasteiger partial charge in [-0.3, -0.25) is 4.79 Å². The molecule has 2 aromatic carbocycles. The Morgan fingerprint density at radius 2 is 1.92 bits per heavy atom. The number of carbonyl (C=O) groups excluding carboxylic acids is 1. The van der Waals surface area contributed by atoms with Gasteiger partial charge in [0.15, 0.2) is 10.6 Å². The summed E-state index contributed by atoms with van der Waals surface area (Å²) in [6, 6.07) is 12.6. The molecule has 0 fully saturated rings. The molecule has 1 amide bonds. The van der Waals surface area contributed by atoms with Gasteiger partial charge in [-0.2, -0.15) is 4.99 Å². The minimum Gasteiger partial charge on any atom is -0.451 e. The van der Waals surface area contributed by atoms with E-state index in [0.717, 1.165) is 15.6 Å². The van der Waals surface area contributed by atoms with Gasteiger partial charge in [0, 0.05) is 12.4 Å². The van der Waals surface area contributed by atoms with Crippen LogP contribution in [0.3, 0.4) is 0 Å². The van der Waals surface area contributed by atoms with E-state index in [2.05, 4.69) is 4.99 Å². The molecule has 0 saturated carbocycles. The van der Waals surface area contributed by atoms with Crippen molar-refractivity contribution in [2.75, 3.05) is 0 Å². The zero-order valence-corrected chi connectivity index (χ0v) is 14.7. The fourth-order valence-corrected chi connectivity index (χ4v) is 4.17. The number of hydrogen-bond donors (Lipinski definition) is 0. The number of para-hydroxylation sites is 1. The molecule has 7 heteroatoms. The number of amides is 1. The van der Waals surface area contributed by atoms with Crippen molar-refractivity contribution in [2.24, 2.45) is 12.0 Å². The van der Waals surface area contributed by atoms with Gasteiger partial charge in [0.1, 0.15) is 5.58 Å². The smallest absolute Gasteiger partial charge is 0.315 e. The van der Waals surface area contributed by atoms with E-state index in [1.807, 2.05) is 24.3 Å². The van der Waals surface area contributed by atoms with E-state index < -0.39 is 5.91 Å². The van der Waals surface area contributed by atoms with Crippen molar-refractivity contribution in [3.8, 4) is 0 Å². The number of carbonyl (C=O) groups is 1. The summed E-state index contributed by atoms with van der Waals surface area (Å²) in [6.07, 6.45) is 0. The predicted octanol–water partition coefficient (Wildman–Crippen LogP) is 5.03. The summed E-state index contributed by atoms with van der Waals surface area (Å²) in [4.78, 5) is 17.1. The van der Waals surface area contributed by atoms with Crippen LogP contribution in [0.1, 0.15) is 10.6 Å². The van der Waals surface area contributed by atoms with Gasteiger partial charge in [-0.25, -0.2) is 0 Å². The first-order valence-corrected chi connectivity index (χ1v) is 8.63. The van der Waals surface area contributed by atoms with Crippen LogP contribution in [0.5, 0.6) is 0 Å². The molecule has 120 valence electrons. The monoisotopic (exact) mass is 376 g/mol. The third-order valence-electron chi connectivity index (χ3n) is 3.68. The van der Waals surface area contributed by atoms with Crippen LogP contribution in [0.2, 0.25) is 10.0 Å². The number of aryl methyl sites for hydroxylation is 1. The zero-order chi connectivity index (χ0) is 16.8. The number of furan rings is 1. The number of aromatic nitrogens is 1. The van der Waals surface area contributed by atoms with E-state index in [-0.39, 0.29) is 5.76 Å². The van der Waals surface area contributed by atoms with E-state index in [1.54, 1.807) is 29.8 Å². The molecule has 0 atom stereocenters. The van der Waals surface area contributed by atoms with Crippen molar-refractivity contribution in [2.45, 2.75) is 0 Å². The quantitative estimate of drug-likeness (QED) is 0.467. The van der Waals surface area contributed by atoms with Crippen LogP contribution in [0.25, 0.3) is 21.2 Å². The third-order valence-corrected chi connectivity index (χ3v) is 5.58. The highest BCUT2D eigenvalue weighted by Crippen LogP contribution is 2.31. The van der Waals surface area contributed by atoms with Crippen molar-refractivity contribution in [3.05, 3.63) is 63.1 Å². The largest absolute Gasteiger partial charge is 0.451 e. The molecule has 0 unspecified atom stereocenters. The first kappa shape index (κ1) is 15.4. The molecule has 0 aliphatic heterocycles. The lowest BCUT2D eigenvalue weighted by molar-refractivity contribution is 0.0973. The van der Waals surface area contributed by atoms with Crippen LogP contribution in [0, 0.1) is 0 Å². The number of benzene rings is 2. The maximum Gasteiger partial charge on any atom is 0.315 e. The van der Waals surface area contributed by atoms with Gasteiger partial charge >= 0.3 is 5.91 Å². The normalized spacial score (nSPS) is 12.4. The lowest BCUT2D eigenvalue weighted by Crippen LogP contribution is -2.13. The summed E-state index contributed by atoms with van der Waals surface area (Å²) in [5.41, 5.74) is 1.41. The van der Waals surface area contributed by atoms with Crippen molar-refractivity contribution in [3.63, 3.8) is 0 Å². The highest BCUT2D eigenvalue weighted by molar-refractivity contribution is 7.17. The minimum atomic E-state index is -0.444. The highest BCUT2D eigenvalue weighted by atomic mass is 35.5. The Balaban J connectivity index is 1.87. The average Bonchev–Trinajstić information content (AvgIpc) is 3.14. The Morgan fingerprint density at radius 1 is 1.17 bits per heavy atom. The number of thiazole rings is 1. The van der Waals surface area contributed by atoms with Gasteiger partial charge in [-0.05, 0) is 24.3 Å². The number of fused-ring (bicyclic) bond motifs is 2. The Hall–Kier alpha value is -2.08.